The Morgan fingerprint density at radius 1 is 1.24 bits per heavy atom. The van der Waals surface area contributed by atoms with Crippen molar-refractivity contribution in [2.45, 2.75) is 38.8 Å². The molecule has 0 aromatic carbocycles. The number of ether oxygens (including phenoxy) is 1. The second-order valence-electron chi connectivity index (χ2n) is 4.72. The van der Waals surface area contributed by atoms with E-state index < -0.39 is 12.8 Å². The van der Waals surface area contributed by atoms with E-state index in [1.807, 2.05) is 0 Å². The lowest BCUT2D eigenvalue weighted by Crippen LogP contribution is -2.35. The van der Waals surface area contributed by atoms with Gasteiger partial charge in [0.25, 0.3) is 0 Å². The van der Waals surface area contributed by atoms with Crippen molar-refractivity contribution in [3.8, 4) is 0 Å². The fourth-order valence-electron chi connectivity index (χ4n) is 2.25. The van der Waals surface area contributed by atoms with E-state index in [4.69, 9.17) is 0 Å². The maximum absolute atomic E-state index is 11.8. The number of rotatable bonds is 8. The Labute approximate surface area is 101 Å². The van der Waals surface area contributed by atoms with Crippen LogP contribution in [0.2, 0.25) is 0 Å². The van der Waals surface area contributed by atoms with Crippen LogP contribution in [0.1, 0.15) is 32.6 Å². The van der Waals surface area contributed by atoms with Gasteiger partial charge in [-0.25, -0.2) is 0 Å². The van der Waals surface area contributed by atoms with Crippen molar-refractivity contribution in [2.24, 2.45) is 11.8 Å². The minimum Gasteiger partial charge on any atom is -0.372 e. The Bertz CT molecular complexity index is 208. The molecule has 0 amide bonds. The predicted molar refractivity (Wildman–Crippen MR) is 60.9 cm³/mol. The first-order valence-electron chi connectivity index (χ1n) is 6.38. The van der Waals surface area contributed by atoms with Gasteiger partial charge in [-0.15, -0.1) is 0 Å². The molecule has 0 saturated heterocycles. The van der Waals surface area contributed by atoms with Gasteiger partial charge < -0.3 is 10.1 Å². The quantitative estimate of drug-likeness (QED) is 0.671. The molecule has 0 spiro atoms. The van der Waals surface area contributed by atoms with Crippen molar-refractivity contribution < 1.29 is 17.9 Å². The van der Waals surface area contributed by atoms with Crippen molar-refractivity contribution >= 4 is 0 Å². The zero-order valence-electron chi connectivity index (χ0n) is 10.4. The molecule has 0 heterocycles. The summed E-state index contributed by atoms with van der Waals surface area (Å²) in [5.74, 6) is 1.40. The molecule has 5 heteroatoms. The maximum atomic E-state index is 11.8. The van der Waals surface area contributed by atoms with Crippen molar-refractivity contribution in [1.82, 2.24) is 5.32 Å². The van der Waals surface area contributed by atoms with Gasteiger partial charge in [-0.1, -0.05) is 6.92 Å². The molecule has 1 aliphatic carbocycles. The number of halogens is 3. The summed E-state index contributed by atoms with van der Waals surface area (Å²) < 4.78 is 40.0. The van der Waals surface area contributed by atoms with Crippen LogP contribution in [0.4, 0.5) is 13.2 Å². The molecule has 2 unspecified atom stereocenters. The van der Waals surface area contributed by atoms with Crippen LogP contribution in [-0.4, -0.2) is 32.5 Å². The van der Waals surface area contributed by atoms with Crippen molar-refractivity contribution in [2.75, 3.05) is 26.3 Å². The SMILES string of the molecule is CCNCC1CCC1CCCOCC(F)(F)F. The maximum Gasteiger partial charge on any atom is 0.411 e. The summed E-state index contributed by atoms with van der Waals surface area (Å²) in [6.45, 7) is 3.23. The van der Waals surface area contributed by atoms with Crippen LogP contribution in [0.15, 0.2) is 0 Å². The van der Waals surface area contributed by atoms with Crippen LogP contribution in [0, 0.1) is 11.8 Å². The fraction of sp³-hybridized carbons (Fsp3) is 1.00. The molecule has 1 fully saturated rings. The summed E-state index contributed by atoms with van der Waals surface area (Å²) in [7, 11) is 0. The van der Waals surface area contributed by atoms with E-state index in [1.54, 1.807) is 0 Å². The van der Waals surface area contributed by atoms with Crippen molar-refractivity contribution in [3.63, 3.8) is 0 Å². The summed E-state index contributed by atoms with van der Waals surface area (Å²) >= 11 is 0. The molecule has 1 aliphatic rings. The lowest BCUT2D eigenvalue weighted by atomic mass is 9.71. The third-order valence-electron chi connectivity index (χ3n) is 3.36. The average molecular weight is 253 g/mol. The smallest absolute Gasteiger partial charge is 0.372 e. The van der Waals surface area contributed by atoms with Gasteiger partial charge in [0.2, 0.25) is 0 Å². The van der Waals surface area contributed by atoms with Crippen LogP contribution in [0.25, 0.3) is 0 Å². The van der Waals surface area contributed by atoms with Gasteiger partial charge in [0.1, 0.15) is 6.61 Å². The monoisotopic (exact) mass is 253 g/mol. The minimum absolute atomic E-state index is 0.226. The van der Waals surface area contributed by atoms with E-state index >= 15 is 0 Å². The van der Waals surface area contributed by atoms with E-state index in [0.29, 0.717) is 5.92 Å². The number of nitrogens with one attached hydrogen (secondary N) is 1. The highest BCUT2D eigenvalue weighted by Crippen LogP contribution is 2.37. The standard InChI is InChI=1S/C12H22F3NO/c1-2-16-8-11-6-5-10(11)4-3-7-17-9-12(13,14)15/h10-11,16H,2-9H2,1H3. The summed E-state index contributed by atoms with van der Waals surface area (Å²) in [5.41, 5.74) is 0. The fourth-order valence-corrected chi connectivity index (χ4v) is 2.25. The lowest BCUT2D eigenvalue weighted by Gasteiger charge is -2.37. The highest BCUT2D eigenvalue weighted by Gasteiger charge is 2.30. The summed E-state index contributed by atoms with van der Waals surface area (Å²) in [5, 5.41) is 3.32. The Morgan fingerprint density at radius 3 is 2.47 bits per heavy atom. The van der Waals surface area contributed by atoms with Crippen LogP contribution in [0.3, 0.4) is 0 Å². The van der Waals surface area contributed by atoms with Gasteiger partial charge >= 0.3 is 6.18 Å². The first-order chi connectivity index (χ1) is 8.03. The third-order valence-corrected chi connectivity index (χ3v) is 3.36. The molecule has 1 N–H and O–H groups in total. The first kappa shape index (κ1) is 14.8. The summed E-state index contributed by atoms with van der Waals surface area (Å²) in [6.07, 6.45) is 0.0117. The van der Waals surface area contributed by atoms with Gasteiger partial charge in [-0.05, 0) is 50.6 Å². The Morgan fingerprint density at radius 2 is 1.94 bits per heavy atom. The predicted octanol–water partition coefficient (Wildman–Crippen LogP) is 2.98. The number of alkyl halides is 3. The molecule has 0 aromatic rings. The molecule has 17 heavy (non-hydrogen) atoms. The normalized spacial score (nSPS) is 24.7. The zero-order chi connectivity index (χ0) is 12.7. The molecular weight excluding hydrogens is 231 g/mol. The van der Waals surface area contributed by atoms with E-state index in [0.717, 1.165) is 31.8 Å². The van der Waals surface area contributed by atoms with Crippen molar-refractivity contribution in [3.05, 3.63) is 0 Å². The summed E-state index contributed by atoms with van der Waals surface area (Å²) in [4.78, 5) is 0. The van der Waals surface area contributed by atoms with Crippen LogP contribution in [-0.2, 0) is 4.74 Å². The Balaban J connectivity index is 1.96. The second-order valence-corrected chi connectivity index (χ2v) is 4.72. The van der Waals surface area contributed by atoms with Crippen LogP contribution >= 0.6 is 0 Å². The average Bonchev–Trinajstić information content (AvgIpc) is 2.20. The Hall–Kier alpha value is -0.290. The van der Waals surface area contributed by atoms with E-state index in [1.165, 1.54) is 12.8 Å². The number of hydrogen-bond donors (Lipinski definition) is 1. The molecule has 1 rings (SSSR count). The minimum atomic E-state index is -4.19. The molecule has 1 saturated carbocycles. The molecule has 2 nitrogen and oxygen atoms in total. The Kier molecular flexibility index (Phi) is 6.27. The summed E-state index contributed by atoms with van der Waals surface area (Å²) in [6, 6.07) is 0. The van der Waals surface area contributed by atoms with Crippen molar-refractivity contribution in [1.29, 1.82) is 0 Å². The first-order valence-corrected chi connectivity index (χ1v) is 6.38. The van der Waals surface area contributed by atoms with Crippen LogP contribution < -0.4 is 5.32 Å². The van der Waals surface area contributed by atoms with E-state index in [-0.39, 0.29) is 6.61 Å². The zero-order valence-corrected chi connectivity index (χ0v) is 10.4. The van der Waals surface area contributed by atoms with Gasteiger partial charge in [0.15, 0.2) is 0 Å². The largest absolute Gasteiger partial charge is 0.411 e. The molecule has 0 aliphatic heterocycles. The molecule has 2 atom stereocenters. The highest BCUT2D eigenvalue weighted by atomic mass is 19.4. The van der Waals surface area contributed by atoms with E-state index in [9.17, 15) is 13.2 Å². The molecule has 102 valence electrons. The lowest BCUT2D eigenvalue weighted by molar-refractivity contribution is -0.174. The molecule has 0 bridgehead atoms. The highest BCUT2D eigenvalue weighted by molar-refractivity contribution is 4.81. The van der Waals surface area contributed by atoms with Gasteiger partial charge in [-0.3, -0.25) is 0 Å². The number of hydrogen-bond acceptors (Lipinski definition) is 2. The molecular formula is C12H22F3NO. The topological polar surface area (TPSA) is 21.3 Å². The second kappa shape index (κ2) is 7.21. The molecule has 0 radical (unpaired) electrons. The van der Waals surface area contributed by atoms with Gasteiger partial charge in [-0.2, -0.15) is 13.2 Å². The van der Waals surface area contributed by atoms with Gasteiger partial charge in [0, 0.05) is 6.61 Å². The third kappa shape index (κ3) is 6.27. The van der Waals surface area contributed by atoms with Gasteiger partial charge in [0.05, 0.1) is 0 Å². The molecule has 0 aromatic heterocycles. The van der Waals surface area contributed by atoms with Crippen LogP contribution in [0.5, 0.6) is 0 Å². The van der Waals surface area contributed by atoms with E-state index in [2.05, 4.69) is 17.0 Å².